The number of rotatable bonds is 5. The number of phenolic OH excluding ortho intramolecular Hbond substituents is 1. The van der Waals surface area contributed by atoms with Crippen molar-refractivity contribution in [3.63, 3.8) is 0 Å². The molecule has 21 heavy (non-hydrogen) atoms. The molecule has 0 spiro atoms. The van der Waals surface area contributed by atoms with Gasteiger partial charge in [0.05, 0.1) is 7.11 Å². The molecule has 2 aromatic rings. The van der Waals surface area contributed by atoms with Crippen LogP contribution in [0.25, 0.3) is 0 Å². The number of methoxy groups -OCH3 is 1. The Bertz CT molecular complexity index is 610. The van der Waals surface area contributed by atoms with Gasteiger partial charge in [0.1, 0.15) is 11.5 Å². The monoisotopic (exact) mass is 285 g/mol. The van der Waals surface area contributed by atoms with E-state index >= 15 is 0 Å². The van der Waals surface area contributed by atoms with E-state index < -0.39 is 0 Å². The molecular formula is C18H23NO2. The maximum absolute atomic E-state index is 10.0. The van der Waals surface area contributed by atoms with Gasteiger partial charge in [-0.05, 0) is 50.1 Å². The molecule has 0 aliphatic rings. The van der Waals surface area contributed by atoms with Crippen molar-refractivity contribution >= 4 is 0 Å². The van der Waals surface area contributed by atoms with Crippen molar-refractivity contribution in [2.24, 2.45) is 0 Å². The second-order valence-electron chi connectivity index (χ2n) is 5.39. The normalized spacial score (nSPS) is 13.7. The zero-order chi connectivity index (χ0) is 15.4. The van der Waals surface area contributed by atoms with Crippen LogP contribution in [0, 0.1) is 6.92 Å². The van der Waals surface area contributed by atoms with Crippen LogP contribution in [0.3, 0.4) is 0 Å². The maximum Gasteiger partial charge on any atom is 0.120 e. The summed E-state index contributed by atoms with van der Waals surface area (Å²) in [5.74, 6) is 1.03. The molecule has 2 unspecified atom stereocenters. The lowest BCUT2D eigenvalue weighted by atomic mass is 10.00. The van der Waals surface area contributed by atoms with Gasteiger partial charge in [-0.25, -0.2) is 0 Å². The Balaban J connectivity index is 2.18. The summed E-state index contributed by atoms with van der Waals surface area (Å²) in [6.07, 6.45) is 0. The van der Waals surface area contributed by atoms with Crippen molar-refractivity contribution in [3.05, 3.63) is 59.2 Å². The minimum atomic E-state index is 0.0229. The van der Waals surface area contributed by atoms with Crippen LogP contribution in [-0.2, 0) is 0 Å². The fraction of sp³-hybridized carbons (Fsp3) is 0.333. The van der Waals surface area contributed by atoms with Crippen LogP contribution in [0.4, 0.5) is 0 Å². The Morgan fingerprint density at radius 1 is 1.00 bits per heavy atom. The van der Waals surface area contributed by atoms with Crippen molar-refractivity contribution in [2.75, 3.05) is 7.11 Å². The van der Waals surface area contributed by atoms with Crippen LogP contribution in [-0.4, -0.2) is 12.2 Å². The lowest BCUT2D eigenvalue weighted by molar-refractivity contribution is 0.405. The summed E-state index contributed by atoms with van der Waals surface area (Å²) in [7, 11) is 1.63. The van der Waals surface area contributed by atoms with E-state index in [1.165, 1.54) is 11.1 Å². The number of benzene rings is 2. The molecule has 0 amide bonds. The van der Waals surface area contributed by atoms with Gasteiger partial charge >= 0.3 is 0 Å². The van der Waals surface area contributed by atoms with Crippen molar-refractivity contribution in [3.8, 4) is 11.5 Å². The second kappa shape index (κ2) is 6.64. The number of phenols is 1. The molecule has 0 heterocycles. The Morgan fingerprint density at radius 3 is 2.33 bits per heavy atom. The number of hydrogen-bond acceptors (Lipinski definition) is 3. The van der Waals surface area contributed by atoms with Gasteiger partial charge in [-0.15, -0.1) is 0 Å². The third kappa shape index (κ3) is 3.56. The third-order valence-corrected chi connectivity index (χ3v) is 3.86. The second-order valence-corrected chi connectivity index (χ2v) is 5.39. The number of aromatic hydroxyl groups is 1. The van der Waals surface area contributed by atoms with E-state index in [2.05, 4.69) is 31.3 Å². The summed E-state index contributed by atoms with van der Waals surface area (Å²) in [5.41, 5.74) is 3.38. The van der Waals surface area contributed by atoms with Crippen molar-refractivity contribution in [1.29, 1.82) is 0 Å². The van der Waals surface area contributed by atoms with E-state index in [4.69, 9.17) is 4.74 Å². The minimum Gasteiger partial charge on any atom is -0.508 e. The van der Waals surface area contributed by atoms with Crippen LogP contribution >= 0.6 is 0 Å². The third-order valence-electron chi connectivity index (χ3n) is 3.86. The molecule has 0 bridgehead atoms. The molecule has 2 N–H and O–H groups in total. The Labute approximate surface area is 126 Å². The van der Waals surface area contributed by atoms with Gasteiger partial charge in [-0.1, -0.05) is 24.3 Å². The van der Waals surface area contributed by atoms with Crippen molar-refractivity contribution in [1.82, 2.24) is 5.32 Å². The predicted octanol–water partition coefficient (Wildman–Crippen LogP) is 4.12. The number of ether oxygens (including phenoxy) is 1. The lowest BCUT2D eigenvalue weighted by Gasteiger charge is -2.23. The smallest absolute Gasteiger partial charge is 0.120 e. The number of hydrogen-bond donors (Lipinski definition) is 2. The molecule has 0 saturated heterocycles. The molecule has 0 aromatic heterocycles. The molecular weight excluding hydrogens is 262 g/mol. The summed E-state index contributed by atoms with van der Waals surface area (Å²) in [6.45, 7) is 6.29. The molecule has 0 saturated carbocycles. The largest absolute Gasteiger partial charge is 0.508 e. The molecule has 2 atom stereocenters. The fourth-order valence-corrected chi connectivity index (χ4v) is 2.63. The fourth-order valence-electron chi connectivity index (χ4n) is 2.63. The molecule has 0 aliphatic carbocycles. The van der Waals surface area contributed by atoms with Gasteiger partial charge in [0.25, 0.3) is 0 Å². The Kier molecular flexibility index (Phi) is 4.86. The highest BCUT2D eigenvalue weighted by Gasteiger charge is 2.16. The van der Waals surface area contributed by atoms with E-state index in [0.29, 0.717) is 0 Å². The van der Waals surface area contributed by atoms with Gasteiger partial charge in [-0.3, -0.25) is 0 Å². The Morgan fingerprint density at radius 2 is 1.67 bits per heavy atom. The summed E-state index contributed by atoms with van der Waals surface area (Å²) >= 11 is 0. The summed E-state index contributed by atoms with van der Waals surface area (Å²) in [5, 5.41) is 13.6. The zero-order valence-corrected chi connectivity index (χ0v) is 13.1. The highest BCUT2D eigenvalue weighted by molar-refractivity contribution is 5.41. The first kappa shape index (κ1) is 15.4. The number of nitrogens with one attached hydrogen (secondary N) is 1. The SMILES string of the molecule is COc1ccc(O)c(C(C)NC(C)c2ccccc2C)c1. The molecule has 3 heteroatoms. The summed E-state index contributed by atoms with van der Waals surface area (Å²) < 4.78 is 5.23. The van der Waals surface area contributed by atoms with Crippen LogP contribution in [0.1, 0.15) is 42.6 Å². The molecule has 0 aliphatic heterocycles. The van der Waals surface area contributed by atoms with E-state index in [1.54, 1.807) is 19.2 Å². The predicted molar refractivity (Wildman–Crippen MR) is 85.8 cm³/mol. The molecule has 2 rings (SSSR count). The molecule has 0 fully saturated rings. The van der Waals surface area contributed by atoms with Crippen molar-refractivity contribution in [2.45, 2.75) is 32.9 Å². The summed E-state index contributed by atoms with van der Waals surface area (Å²) in [4.78, 5) is 0. The first-order valence-corrected chi connectivity index (χ1v) is 7.21. The Hall–Kier alpha value is -2.00. The van der Waals surface area contributed by atoms with Gasteiger partial charge in [0.15, 0.2) is 0 Å². The van der Waals surface area contributed by atoms with Crippen LogP contribution < -0.4 is 10.1 Å². The van der Waals surface area contributed by atoms with E-state index in [9.17, 15) is 5.11 Å². The highest BCUT2D eigenvalue weighted by atomic mass is 16.5. The van der Waals surface area contributed by atoms with E-state index in [1.807, 2.05) is 25.1 Å². The topological polar surface area (TPSA) is 41.5 Å². The van der Waals surface area contributed by atoms with Gasteiger partial charge in [-0.2, -0.15) is 0 Å². The lowest BCUT2D eigenvalue weighted by Crippen LogP contribution is -2.23. The van der Waals surface area contributed by atoms with Crippen LogP contribution in [0.15, 0.2) is 42.5 Å². The van der Waals surface area contributed by atoms with E-state index in [0.717, 1.165) is 11.3 Å². The molecule has 3 nitrogen and oxygen atoms in total. The summed E-state index contributed by atoms with van der Waals surface area (Å²) in [6, 6.07) is 13.9. The van der Waals surface area contributed by atoms with Crippen LogP contribution in [0.2, 0.25) is 0 Å². The van der Waals surface area contributed by atoms with Gasteiger partial charge < -0.3 is 15.2 Å². The van der Waals surface area contributed by atoms with Crippen molar-refractivity contribution < 1.29 is 9.84 Å². The average Bonchev–Trinajstić information content (AvgIpc) is 2.48. The first-order chi connectivity index (χ1) is 10.0. The maximum atomic E-state index is 10.0. The van der Waals surface area contributed by atoms with Crippen LogP contribution in [0.5, 0.6) is 11.5 Å². The standard InChI is InChI=1S/C18H23NO2/c1-12-7-5-6-8-16(12)13(2)19-14(3)17-11-15(21-4)9-10-18(17)20/h5-11,13-14,19-20H,1-4H3. The zero-order valence-electron chi connectivity index (χ0n) is 13.1. The van der Waals surface area contributed by atoms with Gasteiger partial charge in [0, 0.05) is 17.6 Å². The van der Waals surface area contributed by atoms with E-state index in [-0.39, 0.29) is 17.8 Å². The quantitative estimate of drug-likeness (QED) is 0.868. The highest BCUT2D eigenvalue weighted by Crippen LogP contribution is 2.30. The minimum absolute atomic E-state index is 0.0229. The van der Waals surface area contributed by atoms with Gasteiger partial charge in [0.2, 0.25) is 0 Å². The molecule has 0 radical (unpaired) electrons. The average molecular weight is 285 g/mol. The number of aryl methyl sites for hydroxylation is 1. The molecule has 112 valence electrons. The first-order valence-electron chi connectivity index (χ1n) is 7.21. The molecule has 2 aromatic carbocycles.